The minimum atomic E-state index is 0.313. The molecule has 4 heterocycles. The van der Waals surface area contributed by atoms with Gasteiger partial charge >= 0.3 is 0 Å². The molecule has 3 aromatic heterocycles. The smallest absolute Gasteiger partial charge is 0.114 e. The van der Waals surface area contributed by atoms with Gasteiger partial charge in [-0.25, -0.2) is 0 Å². The number of nitriles is 1. The van der Waals surface area contributed by atoms with Crippen molar-refractivity contribution in [2.45, 2.75) is 13.0 Å². The number of benzene rings is 2. The van der Waals surface area contributed by atoms with Crippen molar-refractivity contribution in [3.05, 3.63) is 124 Å². The maximum Gasteiger partial charge on any atom is 0.114 e. The number of rotatable bonds is 7. The molecule has 186 valence electrons. The van der Waals surface area contributed by atoms with Gasteiger partial charge in [-0.15, -0.1) is 11.3 Å². The second-order valence-electron chi connectivity index (χ2n) is 9.20. The molecule has 6 nitrogen and oxygen atoms in total. The average Bonchev–Trinajstić information content (AvgIpc) is 3.63. The van der Waals surface area contributed by atoms with Gasteiger partial charge in [0.05, 0.1) is 35.8 Å². The van der Waals surface area contributed by atoms with Crippen LogP contribution in [-0.4, -0.2) is 21.5 Å². The van der Waals surface area contributed by atoms with Gasteiger partial charge in [0.1, 0.15) is 11.8 Å². The Labute approximate surface area is 224 Å². The van der Waals surface area contributed by atoms with Crippen LogP contribution in [0.2, 0.25) is 0 Å². The minimum Gasteiger partial charge on any atom is -0.508 e. The number of fused-ring (bicyclic) bond motifs is 1. The summed E-state index contributed by atoms with van der Waals surface area (Å²) in [6, 6.07) is 20.8. The lowest BCUT2D eigenvalue weighted by atomic mass is 10.0. The van der Waals surface area contributed by atoms with Crippen LogP contribution in [0.4, 0.5) is 11.4 Å². The lowest BCUT2D eigenvalue weighted by Gasteiger charge is -2.20. The first kappa shape index (κ1) is 23.6. The number of hydrogen-bond donors (Lipinski definition) is 2. The molecular weight excluding hydrogens is 492 g/mol. The first-order valence-electron chi connectivity index (χ1n) is 12.2. The van der Waals surface area contributed by atoms with Crippen LogP contribution >= 0.6 is 11.3 Å². The van der Waals surface area contributed by atoms with E-state index in [1.165, 1.54) is 10.4 Å². The van der Waals surface area contributed by atoms with Crippen molar-refractivity contribution in [3.8, 4) is 17.2 Å². The molecule has 0 aliphatic carbocycles. The van der Waals surface area contributed by atoms with Gasteiger partial charge in [0.15, 0.2) is 0 Å². The monoisotopic (exact) mass is 516 g/mol. The number of thiophene rings is 1. The molecule has 0 spiro atoms. The van der Waals surface area contributed by atoms with Gasteiger partial charge < -0.3 is 19.7 Å². The van der Waals surface area contributed by atoms with Gasteiger partial charge in [0, 0.05) is 41.3 Å². The first-order chi connectivity index (χ1) is 18.6. The van der Waals surface area contributed by atoms with Crippen LogP contribution in [0.25, 0.3) is 22.0 Å². The van der Waals surface area contributed by atoms with E-state index in [1.54, 1.807) is 42.2 Å². The largest absolute Gasteiger partial charge is 0.508 e. The van der Waals surface area contributed by atoms with Crippen LogP contribution in [0.3, 0.4) is 0 Å². The van der Waals surface area contributed by atoms with E-state index in [1.807, 2.05) is 30.5 Å². The Bertz CT molecular complexity index is 1690. The maximum atomic E-state index is 9.76. The summed E-state index contributed by atoms with van der Waals surface area (Å²) in [6.07, 6.45) is 11.3. The third-order valence-corrected chi connectivity index (χ3v) is 7.46. The maximum absolute atomic E-state index is 9.76. The minimum absolute atomic E-state index is 0.313. The molecule has 7 heteroatoms. The van der Waals surface area contributed by atoms with Crippen LogP contribution < -0.4 is 5.32 Å². The lowest BCUT2D eigenvalue weighted by Crippen LogP contribution is -2.18. The molecule has 0 saturated heterocycles. The summed E-state index contributed by atoms with van der Waals surface area (Å²) in [4.78, 5) is 7.99. The summed E-state index contributed by atoms with van der Waals surface area (Å²) in [6.45, 7) is 1.48. The van der Waals surface area contributed by atoms with Crippen molar-refractivity contribution >= 4 is 33.6 Å². The van der Waals surface area contributed by atoms with Crippen molar-refractivity contribution in [2.75, 3.05) is 11.9 Å². The summed E-state index contributed by atoms with van der Waals surface area (Å²) >= 11 is 1.72. The number of hydrogen-bond acceptors (Lipinski definition) is 7. The van der Waals surface area contributed by atoms with Crippen LogP contribution in [0, 0.1) is 11.3 Å². The molecular formula is C31H24N4O2S. The zero-order chi connectivity index (χ0) is 25.9. The molecule has 0 radical (unpaired) electrons. The highest BCUT2D eigenvalue weighted by Crippen LogP contribution is 2.33. The molecule has 1 aliphatic rings. The van der Waals surface area contributed by atoms with E-state index in [0.717, 1.165) is 51.9 Å². The highest BCUT2D eigenvalue weighted by Gasteiger charge is 2.13. The van der Waals surface area contributed by atoms with E-state index >= 15 is 0 Å². The normalized spacial score (nSPS) is 12.9. The fourth-order valence-corrected chi connectivity index (χ4v) is 5.44. The highest BCUT2D eigenvalue weighted by atomic mass is 32.1. The fourth-order valence-electron chi connectivity index (χ4n) is 4.53. The number of nitrogens with one attached hydrogen (secondary N) is 1. The van der Waals surface area contributed by atoms with Gasteiger partial charge in [-0.05, 0) is 70.1 Å². The second kappa shape index (κ2) is 10.3. The fraction of sp³-hybridized carbons (Fsp3) is 0.0968. The molecule has 0 amide bonds. The van der Waals surface area contributed by atoms with E-state index in [-0.39, 0.29) is 0 Å². The molecule has 38 heavy (non-hydrogen) atoms. The molecule has 0 atom stereocenters. The molecule has 0 unspecified atom stereocenters. The van der Waals surface area contributed by atoms with Gasteiger partial charge in [0.2, 0.25) is 0 Å². The van der Waals surface area contributed by atoms with Gasteiger partial charge in [-0.1, -0.05) is 24.3 Å². The summed E-state index contributed by atoms with van der Waals surface area (Å²) in [5, 5.41) is 25.8. The molecule has 6 rings (SSSR count). The van der Waals surface area contributed by atoms with E-state index in [0.29, 0.717) is 17.9 Å². The van der Waals surface area contributed by atoms with Gasteiger partial charge in [0.25, 0.3) is 0 Å². The number of aliphatic hydroxyl groups is 1. The van der Waals surface area contributed by atoms with Crippen LogP contribution in [0.5, 0.6) is 0 Å². The van der Waals surface area contributed by atoms with Crippen molar-refractivity contribution in [1.82, 2.24) is 9.88 Å². The van der Waals surface area contributed by atoms with Crippen molar-refractivity contribution < 1.29 is 9.52 Å². The molecule has 0 saturated carbocycles. The van der Waals surface area contributed by atoms with Crippen LogP contribution in [-0.2, 0) is 13.0 Å². The van der Waals surface area contributed by atoms with E-state index < -0.39 is 0 Å². The van der Waals surface area contributed by atoms with Gasteiger partial charge in [-0.2, -0.15) is 5.26 Å². The Morgan fingerprint density at radius 1 is 1.08 bits per heavy atom. The molecule has 2 aromatic carbocycles. The number of nitrogens with zero attached hydrogens (tertiary/aromatic N) is 3. The predicted molar refractivity (Wildman–Crippen MR) is 151 cm³/mol. The van der Waals surface area contributed by atoms with Crippen molar-refractivity contribution in [3.63, 3.8) is 0 Å². The summed E-state index contributed by atoms with van der Waals surface area (Å²) < 4.78 is 5.17. The zero-order valence-corrected chi connectivity index (χ0v) is 21.3. The SMILES string of the molecule is N#Cc1cnc2cc(-c3csc(CN4C=CC(O)=CC4)c3)ccc2c1Nc1ccc(Cc2ccoc2)cc1. The number of anilines is 2. The van der Waals surface area contributed by atoms with Crippen LogP contribution in [0.15, 0.2) is 107 Å². The Morgan fingerprint density at radius 3 is 2.74 bits per heavy atom. The summed E-state index contributed by atoms with van der Waals surface area (Å²) in [5.74, 6) is 0.313. The van der Waals surface area contributed by atoms with E-state index in [9.17, 15) is 10.4 Å². The summed E-state index contributed by atoms with van der Waals surface area (Å²) in [7, 11) is 0. The average molecular weight is 517 g/mol. The third-order valence-electron chi connectivity index (χ3n) is 6.54. The van der Waals surface area contributed by atoms with Crippen molar-refractivity contribution in [1.29, 1.82) is 5.26 Å². The number of furan rings is 1. The van der Waals surface area contributed by atoms with E-state index in [4.69, 9.17) is 4.42 Å². The van der Waals surface area contributed by atoms with Gasteiger partial charge in [-0.3, -0.25) is 4.98 Å². The zero-order valence-electron chi connectivity index (χ0n) is 20.5. The topological polar surface area (TPSA) is 85.3 Å². The Hall–Kier alpha value is -4.80. The number of aliphatic hydroxyl groups excluding tert-OH is 1. The molecule has 0 fully saturated rings. The third kappa shape index (κ3) is 5.03. The number of pyridine rings is 1. The Kier molecular flexibility index (Phi) is 6.39. The van der Waals surface area contributed by atoms with Crippen LogP contribution in [0.1, 0.15) is 21.6 Å². The van der Waals surface area contributed by atoms with Crippen molar-refractivity contribution in [2.24, 2.45) is 0 Å². The lowest BCUT2D eigenvalue weighted by molar-refractivity contribution is 0.371. The predicted octanol–water partition coefficient (Wildman–Crippen LogP) is 7.53. The standard InChI is InChI=1S/C31H24N4O2S/c32-16-25-17-33-30-15-23(24-14-28(38-20-24)18-35-10-7-27(36)8-11-35)3-6-29(30)31(25)34-26-4-1-21(2-5-26)13-22-9-12-37-19-22/h1-10,12,14-15,17,19-20,36H,11,13,18H2,(H,33,34). The Balaban J connectivity index is 1.23. The number of aromatic nitrogens is 1. The highest BCUT2D eigenvalue weighted by molar-refractivity contribution is 7.10. The number of allylic oxidation sites excluding steroid dienone is 1. The molecule has 2 N–H and O–H groups in total. The molecule has 1 aliphatic heterocycles. The summed E-state index contributed by atoms with van der Waals surface area (Å²) in [5.41, 5.74) is 7.53. The molecule has 0 bridgehead atoms. The molecule has 5 aromatic rings. The van der Waals surface area contributed by atoms with E-state index in [2.05, 4.69) is 57.0 Å². The first-order valence-corrected chi connectivity index (χ1v) is 13.1. The second-order valence-corrected chi connectivity index (χ2v) is 10.2. The Morgan fingerprint density at radius 2 is 1.97 bits per heavy atom. The quantitative estimate of drug-likeness (QED) is 0.232.